The quantitative estimate of drug-likeness (QED) is 0.470. The highest BCUT2D eigenvalue weighted by atomic mass is 32.2. The molecule has 1 atom stereocenters. The van der Waals surface area contributed by atoms with Gasteiger partial charge in [0.25, 0.3) is 0 Å². The Bertz CT molecular complexity index is 785. The molecule has 1 amide bonds. The number of fused-ring (bicyclic) bond motifs is 1. The smallest absolute Gasteiger partial charge is 0.233 e. The number of amides is 1. The van der Waals surface area contributed by atoms with Crippen LogP contribution in [0.2, 0.25) is 0 Å². The summed E-state index contributed by atoms with van der Waals surface area (Å²) in [6, 6.07) is 7.16. The van der Waals surface area contributed by atoms with E-state index < -0.39 is 12.0 Å². The highest BCUT2D eigenvalue weighted by Gasteiger charge is 2.48. The third kappa shape index (κ3) is 4.08. The fraction of sp³-hybridized carbons (Fsp3) is 0.500. The molecule has 1 aliphatic heterocycles. The molecule has 0 spiro atoms. The van der Waals surface area contributed by atoms with E-state index in [1.807, 2.05) is 38.1 Å². The van der Waals surface area contributed by atoms with Crippen molar-refractivity contribution >= 4 is 34.4 Å². The SMILES string of the molecule is CC1(C)CC(=O)C(C2c3ccccc3CCN2C(=O)CSC(=N)N)C(=O)C1. The first-order chi connectivity index (χ1) is 12.7. The van der Waals surface area contributed by atoms with Crippen molar-refractivity contribution < 1.29 is 14.4 Å². The summed E-state index contributed by atoms with van der Waals surface area (Å²) in [6.45, 7) is 4.32. The maximum Gasteiger partial charge on any atom is 0.233 e. The highest BCUT2D eigenvalue weighted by Crippen LogP contribution is 2.43. The minimum Gasteiger partial charge on any atom is -0.379 e. The molecule has 1 aromatic carbocycles. The lowest BCUT2D eigenvalue weighted by molar-refractivity contribution is -0.146. The first-order valence-corrected chi connectivity index (χ1v) is 10.1. The number of carbonyl (C=O) groups excluding carboxylic acids is 3. The van der Waals surface area contributed by atoms with Crippen molar-refractivity contribution in [3.63, 3.8) is 0 Å². The molecule has 1 aromatic rings. The van der Waals surface area contributed by atoms with Crippen LogP contribution in [-0.4, -0.2) is 39.8 Å². The van der Waals surface area contributed by atoms with E-state index >= 15 is 0 Å². The number of hydrogen-bond donors (Lipinski definition) is 2. The Morgan fingerprint density at radius 3 is 2.52 bits per heavy atom. The van der Waals surface area contributed by atoms with Crippen molar-refractivity contribution in [1.82, 2.24) is 4.90 Å². The first-order valence-electron chi connectivity index (χ1n) is 9.09. The van der Waals surface area contributed by atoms with E-state index in [1.165, 1.54) is 0 Å². The largest absolute Gasteiger partial charge is 0.379 e. The van der Waals surface area contributed by atoms with Crippen molar-refractivity contribution in [3.05, 3.63) is 35.4 Å². The van der Waals surface area contributed by atoms with Crippen molar-refractivity contribution in [2.45, 2.75) is 39.2 Å². The molecule has 6 nitrogen and oxygen atoms in total. The fourth-order valence-electron chi connectivity index (χ4n) is 4.22. The molecule has 1 unspecified atom stereocenters. The molecule has 27 heavy (non-hydrogen) atoms. The number of Topliss-reactive ketones (excluding diaryl/α,β-unsaturated/α-hetero) is 2. The van der Waals surface area contributed by atoms with Crippen LogP contribution in [0.1, 0.15) is 43.9 Å². The van der Waals surface area contributed by atoms with E-state index in [4.69, 9.17) is 11.1 Å². The van der Waals surface area contributed by atoms with Crippen LogP contribution in [0.4, 0.5) is 0 Å². The van der Waals surface area contributed by atoms with Gasteiger partial charge in [-0.15, -0.1) is 0 Å². The van der Waals surface area contributed by atoms with Crippen molar-refractivity contribution in [2.24, 2.45) is 17.1 Å². The van der Waals surface area contributed by atoms with Gasteiger partial charge in [0.05, 0.1) is 11.8 Å². The van der Waals surface area contributed by atoms with E-state index in [1.54, 1.807) is 4.90 Å². The molecular formula is C20H25N3O3S. The molecule has 2 aliphatic rings. The lowest BCUT2D eigenvalue weighted by Gasteiger charge is -2.43. The predicted octanol–water partition coefficient (Wildman–Crippen LogP) is 2.31. The summed E-state index contributed by atoms with van der Waals surface area (Å²) < 4.78 is 0. The number of amidine groups is 1. The Morgan fingerprint density at radius 2 is 1.89 bits per heavy atom. The van der Waals surface area contributed by atoms with Crippen LogP contribution in [0.25, 0.3) is 0 Å². The number of hydrogen-bond acceptors (Lipinski definition) is 5. The number of nitrogens with zero attached hydrogens (tertiary/aromatic N) is 1. The molecule has 0 radical (unpaired) electrons. The van der Waals surface area contributed by atoms with Gasteiger partial charge in [0, 0.05) is 19.4 Å². The molecule has 1 heterocycles. The van der Waals surface area contributed by atoms with E-state index in [9.17, 15) is 14.4 Å². The lowest BCUT2D eigenvalue weighted by Crippen LogP contribution is -2.50. The second-order valence-corrected chi connectivity index (χ2v) is 9.08. The van der Waals surface area contributed by atoms with Crippen molar-refractivity contribution in [1.29, 1.82) is 5.41 Å². The van der Waals surface area contributed by atoms with Crippen LogP contribution in [-0.2, 0) is 20.8 Å². The van der Waals surface area contributed by atoms with Gasteiger partial charge < -0.3 is 10.6 Å². The Kier molecular flexibility index (Phi) is 5.42. The standard InChI is InChI=1S/C20H25N3O3S/c1-20(2)9-14(24)17(15(25)10-20)18-13-6-4-3-5-12(13)7-8-23(18)16(26)11-27-19(21)22/h3-6,17-18H,7-11H2,1-2H3,(H3,21,22). The van der Waals surface area contributed by atoms with Gasteiger partial charge >= 0.3 is 0 Å². The van der Waals surface area contributed by atoms with Gasteiger partial charge in [0.15, 0.2) is 5.17 Å². The predicted molar refractivity (Wildman–Crippen MR) is 105 cm³/mol. The molecule has 3 rings (SSSR count). The summed E-state index contributed by atoms with van der Waals surface area (Å²) >= 11 is 0.964. The zero-order chi connectivity index (χ0) is 19.8. The molecular weight excluding hydrogens is 362 g/mol. The average Bonchev–Trinajstić information content (AvgIpc) is 2.58. The molecule has 0 bridgehead atoms. The van der Waals surface area contributed by atoms with Crippen molar-refractivity contribution in [2.75, 3.05) is 12.3 Å². The van der Waals surface area contributed by atoms with Gasteiger partial charge in [0.1, 0.15) is 17.5 Å². The maximum atomic E-state index is 12.9. The Labute approximate surface area is 163 Å². The van der Waals surface area contributed by atoms with Gasteiger partial charge in [-0.25, -0.2) is 0 Å². The minimum absolute atomic E-state index is 0.0363. The van der Waals surface area contributed by atoms with Gasteiger partial charge in [-0.1, -0.05) is 49.9 Å². The topological polar surface area (TPSA) is 104 Å². The zero-order valence-corrected chi connectivity index (χ0v) is 16.5. The molecule has 144 valence electrons. The summed E-state index contributed by atoms with van der Waals surface area (Å²) in [5, 5.41) is 7.21. The number of carbonyl (C=O) groups is 3. The number of thioether (sulfide) groups is 1. The number of benzene rings is 1. The lowest BCUT2D eigenvalue weighted by atomic mass is 9.67. The third-order valence-corrected chi connectivity index (χ3v) is 6.02. The zero-order valence-electron chi connectivity index (χ0n) is 15.7. The van der Waals surface area contributed by atoms with Gasteiger partial charge in [-0.2, -0.15) is 0 Å². The summed E-state index contributed by atoms with van der Waals surface area (Å²) in [5.41, 5.74) is 7.00. The number of ketones is 2. The van der Waals surface area contributed by atoms with Gasteiger partial charge in [0.2, 0.25) is 5.91 Å². The second-order valence-electron chi connectivity index (χ2n) is 8.06. The molecule has 1 aliphatic carbocycles. The minimum atomic E-state index is -0.814. The van der Waals surface area contributed by atoms with Crippen LogP contribution in [0.3, 0.4) is 0 Å². The summed E-state index contributed by atoms with van der Waals surface area (Å²) in [7, 11) is 0. The highest BCUT2D eigenvalue weighted by molar-refractivity contribution is 8.14. The summed E-state index contributed by atoms with van der Waals surface area (Å²) in [5.74, 6) is -1.15. The Morgan fingerprint density at radius 1 is 1.26 bits per heavy atom. The van der Waals surface area contributed by atoms with E-state index in [0.717, 1.165) is 22.9 Å². The van der Waals surface area contributed by atoms with Crippen LogP contribution in [0.5, 0.6) is 0 Å². The Balaban J connectivity index is 1.98. The maximum absolute atomic E-state index is 12.9. The van der Waals surface area contributed by atoms with E-state index in [-0.39, 0.29) is 33.8 Å². The molecule has 0 aromatic heterocycles. The van der Waals surface area contributed by atoms with Gasteiger partial charge in [-0.3, -0.25) is 19.8 Å². The van der Waals surface area contributed by atoms with Crippen LogP contribution >= 0.6 is 11.8 Å². The normalized spacial score (nSPS) is 22.4. The summed E-state index contributed by atoms with van der Waals surface area (Å²) in [4.78, 5) is 40.4. The van der Waals surface area contributed by atoms with Gasteiger partial charge in [-0.05, 0) is 23.0 Å². The molecule has 0 saturated heterocycles. The van der Waals surface area contributed by atoms with Crippen LogP contribution in [0.15, 0.2) is 24.3 Å². The van der Waals surface area contributed by atoms with Crippen LogP contribution < -0.4 is 5.73 Å². The Hall–Kier alpha value is -2.15. The van der Waals surface area contributed by atoms with Crippen molar-refractivity contribution in [3.8, 4) is 0 Å². The molecule has 1 saturated carbocycles. The molecule has 1 fully saturated rings. The number of nitrogens with two attached hydrogens (primary N) is 1. The molecule has 3 N–H and O–H groups in total. The fourth-order valence-corrected chi connectivity index (χ4v) is 4.66. The summed E-state index contributed by atoms with van der Waals surface area (Å²) in [6.07, 6.45) is 1.36. The van der Waals surface area contributed by atoms with Crippen LogP contribution in [0, 0.1) is 16.7 Å². The monoisotopic (exact) mass is 387 g/mol. The van der Waals surface area contributed by atoms with E-state index in [2.05, 4.69) is 0 Å². The second kappa shape index (κ2) is 7.46. The first kappa shape index (κ1) is 19.6. The number of rotatable bonds is 3. The molecule has 7 heteroatoms. The number of nitrogens with one attached hydrogen (secondary N) is 1. The van der Waals surface area contributed by atoms with E-state index in [0.29, 0.717) is 25.8 Å². The third-order valence-electron chi connectivity index (χ3n) is 5.32. The average molecular weight is 388 g/mol.